The highest BCUT2D eigenvalue weighted by Gasteiger charge is 2.19. The summed E-state index contributed by atoms with van der Waals surface area (Å²) < 4.78 is 21.0. The number of para-hydroxylation sites is 1. The summed E-state index contributed by atoms with van der Waals surface area (Å²) in [6.45, 7) is 7.42. The highest BCUT2D eigenvalue weighted by Crippen LogP contribution is 2.39. The second kappa shape index (κ2) is 6.57. The molecule has 0 radical (unpaired) electrons. The second-order valence-electron chi connectivity index (χ2n) is 8.40. The van der Waals surface area contributed by atoms with Crippen molar-refractivity contribution in [2.24, 2.45) is 0 Å². The molecule has 6 rings (SSSR count). The Kier molecular flexibility index (Phi) is 3.87. The van der Waals surface area contributed by atoms with Crippen LogP contribution in [-0.2, 0) is 0 Å². The van der Waals surface area contributed by atoms with Gasteiger partial charge in [0.05, 0.1) is 11.2 Å². The largest absolute Gasteiger partial charge is 0.437 e. The maximum Gasteiger partial charge on any atom is 0.227 e. The van der Waals surface area contributed by atoms with Gasteiger partial charge in [0.25, 0.3) is 0 Å². The molecule has 0 amide bonds. The lowest BCUT2D eigenvalue weighted by Crippen LogP contribution is -1.98. The minimum absolute atomic E-state index is 0.191. The normalized spacial score (nSPS) is 11.9. The Balaban J connectivity index is 1.75. The molecule has 0 spiro atoms. The molecule has 5 heteroatoms. The topological polar surface area (TPSA) is 51.8 Å². The molecule has 0 aliphatic rings. The monoisotopic (exact) mass is 421 g/mol. The van der Waals surface area contributed by atoms with Crippen molar-refractivity contribution in [3.8, 4) is 11.3 Å². The molecule has 32 heavy (non-hydrogen) atoms. The minimum atomic E-state index is -0.191. The van der Waals surface area contributed by atoms with Crippen LogP contribution < -0.4 is 0 Å². The van der Waals surface area contributed by atoms with Gasteiger partial charge in [-0.25, -0.2) is 19.3 Å². The first kappa shape index (κ1) is 18.9. The van der Waals surface area contributed by atoms with Crippen molar-refractivity contribution in [1.29, 1.82) is 0 Å². The van der Waals surface area contributed by atoms with E-state index in [4.69, 9.17) is 14.4 Å². The van der Waals surface area contributed by atoms with Crippen molar-refractivity contribution < 1.29 is 8.81 Å². The fourth-order valence-electron chi connectivity index (χ4n) is 4.70. The first-order valence-corrected chi connectivity index (χ1v) is 10.6. The number of benzene rings is 3. The predicted molar refractivity (Wildman–Crippen MR) is 126 cm³/mol. The fraction of sp³-hybridized carbons (Fsp3) is 0.148. The van der Waals surface area contributed by atoms with Gasteiger partial charge in [-0.15, -0.1) is 0 Å². The Morgan fingerprint density at radius 1 is 0.812 bits per heavy atom. The van der Waals surface area contributed by atoms with Gasteiger partial charge in [-0.05, 0) is 74.5 Å². The number of pyridine rings is 1. The first-order valence-electron chi connectivity index (χ1n) is 10.6. The molecule has 3 heterocycles. The Hall–Kier alpha value is -3.86. The van der Waals surface area contributed by atoms with Crippen molar-refractivity contribution in [2.75, 3.05) is 0 Å². The number of hydrogen-bond acceptors (Lipinski definition) is 4. The van der Waals surface area contributed by atoms with Gasteiger partial charge in [-0.3, -0.25) is 0 Å². The molecule has 0 atom stereocenters. The van der Waals surface area contributed by atoms with Gasteiger partial charge in [0, 0.05) is 32.8 Å². The van der Waals surface area contributed by atoms with Gasteiger partial charge in [-0.1, -0.05) is 18.2 Å². The highest BCUT2D eigenvalue weighted by molar-refractivity contribution is 6.14. The molecule has 0 bridgehead atoms. The molecule has 0 aliphatic heterocycles. The smallest absolute Gasteiger partial charge is 0.227 e. The Morgan fingerprint density at radius 3 is 2.47 bits per heavy atom. The molecule has 0 saturated carbocycles. The fourth-order valence-corrected chi connectivity index (χ4v) is 4.70. The minimum Gasteiger partial charge on any atom is -0.437 e. The standard InChI is InChI=1S/C27H20FN3O/c1-13-12-17-9-11-20-24(30-16(4)31-25(20)22(17)15(3)23(13)28)21-7-5-6-18-19-10-8-14(2)29-27(19)32-26(18)21/h5-12H,1-4H3. The van der Waals surface area contributed by atoms with Crippen LogP contribution in [0.25, 0.3) is 55.0 Å². The van der Waals surface area contributed by atoms with E-state index in [0.717, 1.165) is 55.0 Å². The first-order chi connectivity index (χ1) is 15.4. The zero-order valence-electron chi connectivity index (χ0n) is 18.2. The molecule has 3 aromatic heterocycles. The maximum atomic E-state index is 14.8. The number of halogens is 1. The Morgan fingerprint density at radius 2 is 1.62 bits per heavy atom. The van der Waals surface area contributed by atoms with E-state index in [2.05, 4.69) is 4.98 Å². The van der Waals surface area contributed by atoms with Gasteiger partial charge >= 0.3 is 0 Å². The third-order valence-electron chi connectivity index (χ3n) is 6.19. The molecule has 0 aliphatic carbocycles. The quantitative estimate of drug-likeness (QED) is 0.265. The van der Waals surface area contributed by atoms with E-state index in [-0.39, 0.29) is 5.82 Å². The van der Waals surface area contributed by atoms with Crippen molar-refractivity contribution >= 4 is 43.7 Å². The summed E-state index contributed by atoms with van der Waals surface area (Å²) in [5.41, 5.74) is 5.90. The van der Waals surface area contributed by atoms with E-state index in [9.17, 15) is 4.39 Å². The molecule has 0 unspecified atom stereocenters. The van der Waals surface area contributed by atoms with Crippen LogP contribution in [0.3, 0.4) is 0 Å². The van der Waals surface area contributed by atoms with Crippen LogP contribution in [0.4, 0.5) is 4.39 Å². The molecule has 4 nitrogen and oxygen atoms in total. The number of furan rings is 1. The molecule has 156 valence electrons. The van der Waals surface area contributed by atoms with E-state index < -0.39 is 0 Å². The van der Waals surface area contributed by atoms with Crippen LogP contribution in [0.2, 0.25) is 0 Å². The van der Waals surface area contributed by atoms with Gasteiger partial charge in [0.1, 0.15) is 17.2 Å². The van der Waals surface area contributed by atoms with E-state index in [1.807, 2.05) is 69.3 Å². The SMILES string of the molecule is Cc1ccc2c(n1)oc1c(-c3nc(C)nc4c3ccc3cc(C)c(F)c(C)c34)cccc12. The summed E-state index contributed by atoms with van der Waals surface area (Å²) in [6, 6.07) is 16.0. The van der Waals surface area contributed by atoms with E-state index in [1.165, 1.54) is 0 Å². The van der Waals surface area contributed by atoms with Crippen molar-refractivity contribution in [3.63, 3.8) is 0 Å². The van der Waals surface area contributed by atoms with Gasteiger partial charge in [0.15, 0.2) is 0 Å². The molecule has 6 aromatic rings. The summed E-state index contributed by atoms with van der Waals surface area (Å²) in [7, 11) is 0. The lowest BCUT2D eigenvalue weighted by molar-refractivity contribution is 0.612. The molecule has 0 N–H and O–H groups in total. The number of aryl methyl sites for hydroxylation is 4. The average molecular weight is 421 g/mol. The number of fused-ring (bicyclic) bond motifs is 6. The van der Waals surface area contributed by atoms with Gasteiger partial charge in [-0.2, -0.15) is 0 Å². The average Bonchev–Trinajstić information content (AvgIpc) is 3.14. The van der Waals surface area contributed by atoms with Crippen LogP contribution >= 0.6 is 0 Å². The van der Waals surface area contributed by atoms with Crippen LogP contribution in [-0.4, -0.2) is 15.0 Å². The number of hydrogen-bond donors (Lipinski definition) is 0. The van der Waals surface area contributed by atoms with Crippen LogP contribution in [0.1, 0.15) is 22.6 Å². The number of aromatic nitrogens is 3. The molecule has 0 fully saturated rings. The highest BCUT2D eigenvalue weighted by atomic mass is 19.1. The molecule has 3 aromatic carbocycles. The number of nitrogens with zero attached hydrogens (tertiary/aromatic N) is 3. The molecular weight excluding hydrogens is 401 g/mol. The lowest BCUT2D eigenvalue weighted by Gasteiger charge is -2.13. The van der Waals surface area contributed by atoms with Crippen molar-refractivity contribution in [3.05, 3.63) is 77.0 Å². The third kappa shape index (κ3) is 2.57. The lowest BCUT2D eigenvalue weighted by atomic mass is 9.96. The van der Waals surface area contributed by atoms with Crippen LogP contribution in [0.5, 0.6) is 0 Å². The maximum absolute atomic E-state index is 14.8. The van der Waals surface area contributed by atoms with Crippen LogP contribution in [0, 0.1) is 33.5 Å². The summed E-state index contributed by atoms with van der Waals surface area (Å²) in [5, 5.41) is 4.63. The van der Waals surface area contributed by atoms with E-state index in [0.29, 0.717) is 22.7 Å². The molecule has 0 saturated heterocycles. The Bertz CT molecular complexity index is 1730. The zero-order valence-corrected chi connectivity index (χ0v) is 18.2. The van der Waals surface area contributed by atoms with Crippen molar-refractivity contribution in [1.82, 2.24) is 15.0 Å². The third-order valence-corrected chi connectivity index (χ3v) is 6.19. The van der Waals surface area contributed by atoms with Crippen LogP contribution in [0.15, 0.2) is 52.9 Å². The second-order valence-corrected chi connectivity index (χ2v) is 8.40. The van der Waals surface area contributed by atoms with Gasteiger partial charge in [0.2, 0.25) is 5.71 Å². The molecular formula is C27H20FN3O. The summed E-state index contributed by atoms with van der Waals surface area (Å²) in [6.07, 6.45) is 0. The van der Waals surface area contributed by atoms with Gasteiger partial charge < -0.3 is 4.42 Å². The summed E-state index contributed by atoms with van der Waals surface area (Å²) in [5.74, 6) is 0.436. The summed E-state index contributed by atoms with van der Waals surface area (Å²) in [4.78, 5) is 14.1. The Labute approximate surface area is 183 Å². The van der Waals surface area contributed by atoms with E-state index >= 15 is 0 Å². The van der Waals surface area contributed by atoms with E-state index in [1.54, 1.807) is 6.92 Å². The summed E-state index contributed by atoms with van der Waals surface area (Å²) >= 11 is 0. The predicted octanol–water partition coefficient (Wildman–Crippen LogP) is 7.12. The zero-order chi connectivity index (χ0) is 22.1. The van der Waals surface area contributed by atoms with Crippen molar-refractivity contribution in [2.45, 2.75) is 27.7 Å². The number of rotatable bonds is 1.